The highest BCUT2D eigenvalue weighted by Crippen LogP contribution is 2.08. The normalized spacial score (nSPS) is 12.9. The fourth-order valence-corrected chi connectivity index (χ4v) is 2.12. The molecule has 0 aliphatic rings. The average molecular weight is 264 g/mol. The summed E-state index contributed by atoms with van der Waals surface area (Å²) in [6.45, 7) is 10.7. The summed E-state index contributed by atoms with van der Waals surface area (Å²) in [7, 11) is 1.76. The van der Waals surface area contributed by atoms with E-state index in [1.165, 1.54) is 5.69 Å². The van der Waals surface area contributed by atoms with Crippen molar-refractivity contribution in [1.82, 2.24) is 4.90 Å². The van der Waals surface area contributed by atoms with E-state index in [1.54, 1.807) is 7.11 Å². The predicted molar refractivity (Wildman–Crippen MR) is 82.7 cm³/mol. The van der Waals surface area contributed by atoms with Crippen LogP contribution in [0.1, 0.15) is 20.8 Å². The number of anilines is 1. The Balaban J connectivity index is 2.44. The van der Waals surface area contributed by atoms with E-state index in [4.69, 9.17) is 4.74 Å². The van der Waals surface area contributed by atoms with Gasteiger partial charge in [-0.05, 0) is 25.0 Å². The van der Waals surface area contributed by atoms with Gasteiger partial charge in [-0.15, -0.1) is 0 Å². The van der Waals surface area contributed by atoms with Gasteiger partial charge in [0.15, 0.2) is 0 Å². The molecule has 3 heteroatoms. The Kier molecular flexibility index (Phi) is 7.53. The maximum absolute atomic E-state index is 5.20. The monoisotopic (exact) mass is 264 g/mol. The van der Waals surface area contributed by atoms with Crippen molar-refractivity contribution in [3.05, 3.63) is 30.3 Å². The number of hydrogen-bond acceptors (Lipinski definition) is 3. The first-order chi connectivity index (χ1) is 9.13. The lowest BCUT2D eigenvalue weighted by Gasteiger charge is -2.30. The van der Waals surface area contributed by atoms with E-state index in [0.717, 1.165) is 26.2 Å². The maximum atomic E-state index is 5.20. The van der Waals surface area contributed by atoms with Crippen LogP contribution in [0.25, 0.3) is 0 Å². The van der Waals surface area contributed by atoms with Crippen molar-refractivity contribution in [1.29, 1.82) is 0 Å². The molecule has 1 unspecified atom stereocenters. The summed E-state index contributed by atoms with van der Waals surface area (Å²) >= 11 is 0. The molecule has 0 spiro atoms. The van der Waals surface area contributed by atoms with Gasteiger partial charge in [-0.25, -0.2) is 0 Å². The number of ether oxygens (including phenoxy) is 1. The molecule has 1 aromatic carbocycles. The van der Waals surface area contributed by atoms with E-state index < -0.39 is 0 Å². The van der Waals surface area contributed by atoms with Gasteiger partial charge in [0.25, 0.3) is 0 Å². The summed E-state index contributed by atoms with van der Waals surface area (Å²) < 4.78 is 5.20. The third-order valence-electron chi connectivity index (χ3n) is 3.18. The number of para-hydroxylation sites is 1. The molecule has 3 nitrogen and oxygen atoms in total. The van der Waals surface area contributed by atoms with E-state index in [0.29, 0.717) is 12.0 Å². The highest BCUT2D eigenvalue weighted by molar-refractivity contribution is 5.42. The van der Waals surface area contributed by atoms with Gasteiger partial charge in [-0.1, -0.05) is 32.0 Å². The van der Waals surface area contributed by atoms with Gasteiger partial charge in [0.1, 0.15) is 0 Å². The summed E-state index contributed by atoms with van der Waals surface area (Å²) in [6.07, 6.45) is 0. The summed E-state index contributed by atoms with van der Waals surface area (Å²) in [5.74, 6) is 0.677. The Bertz CT molecular complexity index is 327. The maximum Gasteiger partial charge on any atom is 0.0589 e. The fraction of sp³-hybridized carbons (Fsp3) is 0.625. The average Bonchev–Trinajstić information content (AvgIpc) is 2.41. The Hall–Kier alpha value is -1.06. The lowest BCUT2D eigenvalue weighted by molar-refractivity contribution is 0.119. The molecule has 19 heavy (non-hydrogen) atoms. The highest BCUT2D eigenvalue weighted by Gasteiger charge is 2.14. The summed E-state index contributed by atoms with van der Waals surface area (Å²) in [5.41, 5.74) is 1.19. The lowest BCUT2D eigenvalue weighted by atomic mass is 10.1. The molecule has 0 saturated heterocycles. The van der Waals surface area contributed by atoms with Crippen molar-refractivity contribution < 1.29 is 4.74 Å². The Morgan fingerprint density at radius 1 is 1.16 bits per heavy atom. The van der Waals surface area contributed by atoms with Crippen LogP contribution in [0.2, 0.25) is 0 Å². The van der Waals surface area contributed by atoms with E-state index in [-0.39, 0.29) is 0 Å². The standard InChI is InChI=1S/C16H28N2O/c1-14(2)13-18(10-11-19-4)15(3)12-17-16-8-6-5-7-9-16/h5-9,14-15,17H,10-13H2,1-4H3. The number of nitrogens with one attached hydrogen (secondary N) is 1. The van der Waals surface area contributed by atoms with E-state index >= 15 is 0 Å². The van der Waals surface area contributed by atoms with Crippen LogP contribution in [-0.4, -0.2) is 44.3 Å². The molecule has 1 N–H and O–H groups in total. The zero-order valence-electron chi connectivity index (χ0n) is 12.7. The summed E-state index contributed by atoms with van der Waals surface area (Å²) in [5, 5.41) is 3.49. The summed E-state index contributed by atoms with van der Waals surface area (Å²) in [4.78, 5) is 2.49. The molecule has 0 aliphatic carbocycles. The lowest BCUT2D eigenvalue weighted by Crippen LogP contribution is -2.42. The first kappa shape index (κ1) is 16.0. The molecule has 0 bridgehead atoms. The molecule has 0 amide bonds. The van der Waals surface area contributed by atoms with Crippen LogP contribution in [0.3, 0.4) is 0 Å². The van der Waals surface area contributed by atoms with Crippen LogP contribution in [0.15, 0.2) is 30.3 Å². The van der Waals surface area contributed by atoms with Crippen LogP contribution in [0.4, 0.5) is 5.69 Å². The van der Waals surface area contributed by atoms with Crippen molar-refractivity contribution in [3.63, 3.8) is 0 Å². The largest absolute Gasteiger partial charge is 0.383 e. The van der Waals surface area contributed by atoms with Crippen LogP contribution in [0, 0.1) is 5.92 Å². The molecule has 0 radical (unpaired) electrons. The second-order valence-electron chi connectivity index (χ2n) is 5.48. The number of methoxy groups -OCH3 is 1. The predicted octanol–water partition coefficient (Wildman–Crippen LogP) is 3.09. The van der Waals surface area contributed by atoms with Crippen LogP contribution in [0.5, 0.6) is 0 Å². The first-order valence-corrected chi connectivity index (χ1v) is 7.15. The molecule has 0 saturated carbocycles. The van der Waals surface area contributed by atoms with Crippen molar-refractivity contribution in [2.75, 3.05) is 38.7 Å². The number of benzene rings is 1. The molecule has 0 aromatic heterocycles. The Labute approximate surface area is 118 Å². The quantitative estimate of drug-likeness (QED) is 0.742. The fourth-order valence-electron chi connectivity index (χ4n) is 2.12. The minimum Gasteiger partial charge on any atom is -0.383 e. The van der Waals surface area contributed by atoms with Gasteiger partial charge in [0.05, 0.1) is 6.61 Å². The van der Waals surface area contributed by atoms with Gasteiger partial charge in [-0.3, -0.25) is 4.90 Å². The zero-order valence-corrected chi connectivity index (χ0v) is 12.7. The Morgan fingerprint density at radius 2 is 1.84 bits per heavy atom. The second-order valence-corrected chi connectivity index (χ2v) is 5.48. The molecular weight excluding hydrogens is 236 g/mol. The molecule has 0 heterocycles. The molecule has 1 aromatic rings. The van der Waals surface area contributed by atoms with Gasteiger partial charge in [-0.2, -0.15) is 0 Å². The van der Waals surface area contributed by atoms with Gasteiger partial charge in [0.2, 0.25) is 0 Å². The smallest absolute Gasteiger partial charge is 0.0589 e. The third-order valence-corrected chi connectivity index (χ3v) is 3.18. The van der Waals surface area contributed by atoms with Crippen molar-refractivity contribution in [2.24, 2.45) is 5.92 Å². The first-order valence-electron chi connectivity index (χ1n) is 7.15. The molecule has 1 atom stereocenters. The van der Waals surface area contributed by atoms with Crippen LogP contribution < -0.4 is 5.32 Å². The molecule has 1 rings (SSSR count). The summed E-state index contributed by atoms with van der Waals surface area (Å²) in [6, 6.07) is 10.9. The number of nitrogens with zero attached hydrogens (tertiary/aromatic N) is 1. The van der Waals surface area contributed by atoms with Gasteiger partial charge < -0.3 is 10.1 Å². The Morgan fingerprint density at radius 3 is 2.42 bits per heavy atom. The van der Waals surface area contributed by atoms with E-state index in [2.05, 4.69) is 55.3 Å². The molecule has 0 fully saturated rings. The zero-order chi connectivity index (χ0) is 14.1. The number of hydrogen-bond donors (Lipinski definition) is 1. The van der Waals surface area contributed by atoms with E-state index in [9.17, 15) is 0 Å². The van der Waals surface area contributed by atoms with Crippen LogP contribution in [-0.2, 0) is 4.74 Å². The van der Waals surface area contributed by atoms with Crippen LogP contribution >= 0.6 is 0 Å². The minimum atomic E-state index is 0.498. The SMILES string of the molecule is COCCN(CC(C)C)C(C)CNc1ccccc1. The topological polar surface area (TPSA) is 24.5 Å². The third kappa shape index (κ3) is 6.60. The molecule has 0 aliphatic heterocycles. The van der Waals surface area contributed by atoms with Gasteiger partial charge >= 0.3 is 0 Å². The van der Waals surface area contributed by atoms with E-state index in [1.807, 2.05) is 6.07 Å². The minimum absolute atomic E-state index is 0.498. The highest BCUT2D eigenvalue weighted by atomic mass is 16.5. The number of rotatable bonds is 9. The van der Waals surface area contributed by atoms with Crippen molar-refractivity contribution in [3.8, 4) is 0 Å². The van der Waals surface area contributed by atoms with Crippen molar-refractivity contribution >= 4 is 5.69 Å². The molecule has 108 valence electrons. The molecular formula is C16H28N2O. The van der Waals surface area contributed by atoms with Crippen molar-refractivity contribution in [2.45, 2.75) is 26.8 Å². The van der Waals surface area contributed by atoms with Gasteiger partial charge in [0, 0.05) is 38.5 Å². The second kappa shape index (κ2) is 8.94.